The SMILES string of the molecule is Cc1nn(Cc2ccccc2)c(C)c1CN1CCC2(CCNCC2)C1.Cl. The second-order valence-electron chi connectivity index (χ2n) is 8.00. The first kappa shape index (κ1) is 19.4. The maximum atomic E-state index is 4.83. The van der Waals surface area contributed by atoms with Gasteiger partial charge in [0.1, 0.15) is 0 Å². The highest BCUT2D eigenvalue weighted by Gasteiger charge is 2.38. The van der Waals surface area contributed by atoms with Crippen molar-refractivity contribution in [1.29, 1.82) is 0 Å². The minimum absolute atomic E-state index is 0. The second-order valence-corrected chi connectivity index (χ2v) is 8.00. The summed E-state index contributed by atoms with van der Waals surface area (Å²) in [6, 6.07) is 10.6. The predicted octanol–water partition coefficient (Wildman–Crippen LogP) is 3.55. The molecule has 1 aromatic heterocycles. The van der Waals surface area contributed by atoms with Gasteiger partial charge in [0, 0.05) is 24.3 Å². The molecule has 0 unspecified atom stereocenters. The average molecular weight is 375 g/mol. The molecule has 1 aromatic carbocycles. The van der Waals surface area contributed by atoms with Gasteiger partial charge in [0.05, 0.1) is 12.2 Å². The Labute approximate surface area is 163 Å². The van der Waals surface area contributed by atoms with Crippen LogP contribution in [0.4, 0.5) is 0 Å². The van der Waals surface area contributed by atoms with Crippen LogP contribution in [0.2, 0.25) is 0 Å². The summed E-state index contributed by atoms with van der Waals surface area (Å²) in [7, 11) is 0. The minimum Gasteiger partial charge on any atom is -0.317 e. The third-order valence-electron chi connectivity index (χ3n) is 6.27. The Morgan fingerprint density at radius 2 is 1.77 bits per heavy atom. The average Bonchev–Trinajstić information content (AvgIpc) is 3.13. The molecule has 4 rings (SSSR count). The Hall–Kier alpha value is -1.36. The summed E-state index contributed by atoms with van der Waals surface area (Å²) in [5, 5.41) is 8.34. The second kappa shape index (κ2) is 8.12. The molecular weight excluding hydrogens is 344 g/mol. The summed E-state index contributed by atoms with van der Waals surface area (Å²) in [6.45, 7) is 11.2. The van der Waals surface area contributed by atoms with Gasteiger partial charge in [0.15, 0.2) is 0 Å². The molecular formula is C21H31ClN4. The van der Waals surface area contributed by atoms with Crippen molar-refractivity contribution >= 4 is 12.4 Å². The van der Waals surface area contributed by atoms with Crippen LogP contribution in [0.5, 0.6) is 0 Å². The van der Waals surface area contributed by atoms with Crippen LogP contribution in [0.15, 0.2) is 30.3 Å². The maximum absolute atomic E-state index is 4.83. The monoisotopic (exact) mass is 374 g/mol. The van der Waals surface area contributed by atoms with Crippen molar-refractivity contribution < 1.29 is 0 Å². The zero-order chi connectivity index (χ0) is 17.3. The summed E-state index contributed by atoms with van der Waals surface area (Å²) in [4.78, 5) is 2.66. The van der Waals surface area contributed by atoms with Gasteiger partial charge in [-0.05, 0) is 63.7 Å². The van der Waals surface area contributed by atoms with Gasteiger partial charge < -0.3 is 5.32 Å². The van der Waals surface area contributed by atoms with Crippen molar-refractivity contribution in [1.82, 2.24) is 20.0 Å². The molecule has 2 aliphatic heterocycles. The molecule has 5 heteroatoms. The van der Waals surface area contributed by atoms with Crippen molar-refractivity contribution in [3.8, 4) is 0 Å². The van der Waals surface area contributed by atoms with Crippen LogP contribution in [0.1, 0.15) is 41.8 Å². The van der Waals surface area contributed by atoms with E-state index in [9.17, 15) is 0 Å². The molecule has 0 amide bonds. The molecule has 3 heterocycles. The number of hydrogen-bond acceptors (Lipinski definition) is 3. The van der Waals surface area contributed by atoms with Gasteiger partial charge in [-0.1, -0.05) is 30.3 Å². The van der Waals surface area contributed by atoms with Gasteiger partial charge in [-0.15, -0.1) is 12.4 Å². The highest BCUT2D eigenvalue weighted by molar-refractivity contribution is 5.85. The Balaban J connectivity index is 0.00000196. The standard InChI is InChI=1S/C21H30N4.ClH/c1-17-20(15-24-13-10-21(16-24)8-11-22-12-9-21)18(2)25(23-17)14-19-6-4-3-5-7-19;/h3-7,22H,8-16H2,1-2H3;1H. The summed E-state index contributed by atoms with van der Waals surface area (Å²) in [5.74, 6) is 0. The van der Waals surface area contributed by atoms with Crippen LogP contribution < -0.4 is 5.32 Å². The molecule has 4 nitrogen and oxygen atoms in total. The first-order valence-electron chi connectivity index (χ1n) is 9.65. The van der Waals surface area contributed by atoms with Gasteiger partial charge in [0.2, 0.25) is 0 Å². The van der Waals surface area contributed by atoms with E-state index >= 15 is 0 Å². The fraction of sp³-hybridized carbons (Fsp3) is 0.571. The molecule has 0 aliphatic carbocycles. The zero-order valence-corrected chi connectivity index (χ0v) is 16.8. The summed E-state index contributed by atoms with van der Waals surface area (Å²) < 4.78 is 2.18. The van der Waals surface area contributed by atoms with Gasteiger partial charge in [-0.2, -0.15) is 5.10 Å². The van der Waals surface area contributed by atoms with Crippen molar-refractivity contribution in [2.24, 2.45) is 5.41 Å². The maximum Gasteiger partial charge on any atom is 0.0662 e. The number of nitrogens with zero attached hydrogens (tertiary/aromatic N) is 3. The highest BCUT2D eigenvalue weighted by atomic mass is 35.5. The Kier molecular flexibility index (Phi) is 6.06. The van der Waals surface area contributed by atoms with Crippen LogP contribution in [-0.2, 0) is 13.1 Å². The van der Waals surface area contributed by atoms with Crippen LogP contribution in [0.25, 0.3) is 0 Å². The number of hydrogen-bond donors (Lipinski definition) is 1. The lowest BCUT2D eigenvalue weighted by Gasteiger charge is -2.34. The Morgan fingerprint density at radius 3 is 2.50 bits per heavy atom. The number of benzene rings is 1. The van der Waals surface area contributed by atoms with E-state index in [1.54, 1.807) is 0 Å². The van der Waals surface area contributed by atoms with Crippen molar-refractivity contribution in [3.63, 3.8) is 0 Å². The molecule has 2 fully saturated rings. The minimum atomic E-state index is 0. The van der Waals surface area contributed by atoms with Crippen molar-refractivity contribution in [2.75, 3.05) is 26.2 Å². The van der Waals surface area contributed by atoms with Crippen LogP contribution in [0, 0.1) is 19.3 Å². The summed E-state index contributed by atoms with van der Waals surface area (Å²) >= 11 is 0. The fourth-order valence-corrected chi connectivity index (χ4v) is 4.62. The highest BCUT2D eigenvalue weighted by Crippen LogP contribution is 2.39. The lowest BCUT2D eigenvalue weighted by atomic mass is 9.78. The third-order valence-corrected chi connectivity index (χ3v) is 6.27. The van der Waals surface area contributed by atoms with Gasteiger partial charge in [-0.3, -0.25) is 9.58 Å². The smallest absolute Gasteiger partial charge is 0.0662 e. The molecule has 0 saturated carbocycles. The van der Waals surface area contributed by atoms with Gasteiger partial charge >= 0.3 is 0 Å². The molecule has 1 N–H and O–H groups in total. The van der Waals surface area contributed by atoms with Gasteiger partial charge in [0.25, 0.3) is 0 Å². The van der Waals surface area contributed by atoms with E-state index in [1.165, 1.54) is 68.0 Å². The molecule has 2 aromatic rings. The number of aromatic nitrogens is 2. The van der Waals surface area contributed by atoms with E-state index in [-0.39, 0.29) is 12.4 Å². The molecule has 0 atom stereocenters. The third kappa shape index (κ3) is 3.98. The van der Waals surface area contributed by atoms with Crippen molar-refractivity contribution in [3.05, 3.63) is 52.8 Å². The Morgan fingerprint density at radius 1 is 1.04 bits per heavy atom. The first-order chi connectivity index (χ1) is 12.2. The normalized spacial score (nSPS) is 19.6. The van der Waals surface area contributed by atoms with Crippen molar-refractivity contribution in [2.45, 2.75) is 46.2 Å². The number of likely N-dealkylation sites (tertiary alicyclic amines) is 1. The molecule has 142 valence electrons. The largest absolute Gasteiger partial charge is 0.317 e. The molecule has 0 bridgehead atoms. The number of rotatable bonds is 4. The van der Waals surface area contributed by atoms with Crippen LogP contribution in [0.3, 0.4) is 0 Å². The summed E-state index contributed by atoms with van der Waals surface area (Å²) in [6.07, 6.45) is 4.05. The van der Waals surface area contributed by atoms with E-state index in [0.29, 0.717) is 5.41 Å². The number of aryl methyl sites for hydroxylation is 1. The zero-order valence-electron chi connectivity index (χ0n) is 16.0. The molecule has 2 aliphatic rings. The Bertz CT molecular complexity index is 719. The van der Waals surface area contributed by atoms with E-state index in [4.69, 9.17) is 5.10 Å². The van der Waals surface area contributed by atoms with E-state index in [1.807, 2.05) is 0 Å². The van der Waals surface area contributed by atoms with Crippen LogP contribution in [-0.4, -0.2) is 40.9 Å². The number of piperidine rings is 1. The van der Waals surface area contributed by atoms with E-state index in [2.05, 4.69) is 59.1 Å². The van der Waals surface area contributed by atoms with E-state index < -0.39 is 0 Å². The van der Waals surface area contributed by atoms with Gasteiger partial charge in [-0.25, -0.2) is 0 Å². The fourth-order valence-electron chi connectivity index (χ4n) is 4.62. The predicted molar refractivity (Wildman–Crippen MR) is 109 cm³/mol. The van der Waals surface area contributed by atoms with E-state index in [0.717, 1.165) is 13.1 Å². The molecule has 1 spiro atoms. The molecule has 2 saturated heterocycles. The number of nitrogens with one attached hydrogen (secondary N) is 1. The lowest BCUT2D eigenvalue weighted by Crippen LogP contribution is -2.38. The van der Waals surface area contributed by atoms with Crippen LogP contribution >= 0.6 is 12.4 Å². The topological polar surface area (TPSA) is 33.1 Å². The molecule has 0 radical (unpaired) electrons. The quantitative estimate of drug-likeness (QED) is 0.888. The lowest BCUT2D eigenvalue weighted by molar-refractivity contribution is 0.193. The first-order valence-corrected chi connectivity index (χ1v) is 9.65. The number of halogens is 1. The molecule has 26 heavy (non-hydrogen) atoms. The summed E-state index contributed by atoms with van der Waals surface area (Å²) in [5.41, 5.74) is 5.84.